The summed E-state index contributed by atoms with van der Waals surface area (Å²) in [4.78, 5) is 36.5. The number of carbonyl (C=O) groups excluding carboxylic acids is 3. The van der Waals surface area contributed by atoms with Crippen molar-refractivity contribution in [2.24, 2.45) is 11.8 Å². The maximum Gasteiger partial charge on any atom is 0.409 e. The quantitative estimate of drug-likeness (QED) is 0.568. The van der Waals surface area contributed by atoms with Gasteiger partial charge in [-0.3, -0.25) is 9.59 Å². The minimum atomic E-state index is -0.727. The molecule has 0 bridgehead atoms. The van der Waals surface area contributed by atoms with Crippen molar-refractivity contribution in [1.82, 2.24) is 4.90 Å². The van der Waals surface area contributed by atoms with Crippen LogP contribution in [0.15, 0.2) is 0 Å². The highest BCUT2D eigenvalue weighted by molar-refractivity contribution is 5.99. The van der Waals surface area contributed by atoms with Crippen LogP contribution in [0.3, 0.4) is 0 Å². The highest BCUT2D eigenvalue weighted by Crippen LogP contribution is 2.22. The summed E-state index contributed by atoms with van der Waals surface area (Å²) in [5.41, 5.74) is 0. The fraction of sp³-hybridized carbons (Fsp3) is 0.769. The number of rotatable bonds is 4. The van der Waals surface area contributed by atoms with Crippen LogP contribution in [-0.4, -0.2) is 49.6 Å². The lowest BCUT2D eigenvalue weighted by atomic mass is 9.86. The Morgan fingerprint density at radius 2 is 1.84 bits per heavy atom. The predicted octanol–water partition coefficient (Wildman–Crippen LogP) is 1.23. The molecular formula is C13H21NO5. The van der Waals surface area contributed by atoms with Crippen LogP contribution in [0.4, 0.5) is 4.79 Å². The highest BCUT2D eigenvalue weighted by Gasteiger charge is 2.33. The topological polar surface area (TPSA) is 72.9 Å². The van der Waals surface area contributed by atoms with Crippen molar-refractivity contribution in [3.05, 3.63) is 0 Å². The first-order chi connectivity index (χ1) is 9.01. The van der Waals surface area contributed by atoms with Gasteiger partial charge in [-0.05, 0) is 26.7 Å². The molecule has 0 radical (unpaired) electrons. The van der Waals surface area contributed by atoms with Crippen LogP contribution in [0, 0.1) is 11.8 Å². The predicted molar refractivity (Wildman–Crippen MR) is 67.5 cm³/mol. The van der Waals surface area contributed by atoms with E-state index in [1.54, 1.807) is 18.7 Å². The molecule has 1 heterocycles. The van der Waals surface area contributed by atoms with E-state index in [-0.39, 0.29) is 24.4 Å². The first-order valence-electron chi connectivity index (χ1n) is 6.54. The first-order valence-corrected chi connectivity index (χ1v) is 6.54. The molecule has 1 amide bonds. The molecule has 0 unspecified atom stereocenters. The maximum atomic E-state index is 12.1. The Hall–Kier alpha value is -1.59. The van der Waals surface area contributed by atoms with Gasteiger partial charge in [0.1, 0.15) is 11.7 Å². The second-order valence-corrected chi connectivity index (χ2v) is 4.61. The van der Waals surface area contributed by atoms with Crippen LogP contribution in [0.5, 0.6) is 0 Å². The molecule has 1 aliphatic heterocycles. The largest absolute Gasteiger partial charge is 0.465 e. The number of carbonyl (C=O) groups is 3. The Labute approximate surface area is 113 Å². The lowest BCUT2D eigenvalue weighted by Gasteiger charge is -2.30. The summed E-state index contributed by atoms with van der Waals surface area (Å²) in [6.07, 6.45) is 0.763. The Kier molecular flexibility index (Phi) is 5.79. The summed E-state index contributed by atoms with van der Waals surface area (Å²) in [7, 11) is 1.34. The molecule has 0 aromatic carbocycles. The van der Waals surface area contributed by atoms with E-state index in [2.05, 4.69) is 4.74 Å². The monoisotopic (exact) mass is 271 g/mol. The number of likely N-dealkylation sites (tertiary alicyclic amines) is 1. The molecule has 1 atom stereocenters. The average Bonchev–Trinajstić information content (AvgIpc) is 2.45. The van der Waals surface area contributed by atoms with E-state index < -0.39 is 11.9 Å². The third kappa shape index (κ3) is 3.94. The van der Waals surface area contributed by atoms with E-state index in [1.165, 1.54) is 7.11 Å². The van der Waals surface area contributed by atoms with E-state index in [0.29, 0.717) is 25.9 Å². The van der Waals surface area contributed by atoms with Gasteiger partial charge in [-0.25, -0.2) is 4.79 Å². The summed E-state index contributed by atoms with van der Waals surface area (Å²) in [5, 5.41) is 0. The van der Waals surface area contributed by atoms with Crippen molar-refractivity contribution in [2.75, 3.05) is 26.8 Å². The lowest BCUT2D eigenvalue weighted by Crippen LogP contribution is -2.42. The molecule has 0 aromatic heterocycles. The number of ether oxygens (including phenoxy) is 2. The number of Topliss-reactive ketones (excluding diaryl/α,β-unsaturated/α-hetero) is 1. The molecule has 1 rings (SSSR count). The van der Waals surface area contributed by atoms with Crippen LogP contribution < -0.4 is 0 Å². The number of ketones is 1. The molecule has 0 spiro atoms. The second-order valence-electron chi connectivity index (χ2n) is 4.61. The zero-order chi connectivity index (χ0) is 14.4. The van der Waals surface area contributed by atoms with E-state index >= 15 is 0 Å². The molecule has 1 aliphatic rings. The molecule has 6 nitrogen and oxygen atoms in total. The summed E-state index contributed by atoms with van der Waals surface area (Å²) in [5.74, 6) is -1.47. The molecule has 19 heavy (non-hydrogen) atoms. The number of piperidine rings is 1. The number of amides is 1. The minimum absolute atomic E-state index is 0.0945. The molecule has 6 heteroatoms. The van der Waals surface area contributed by atoms with Gasteiger partial charge >= 0.3 is 12.1 Å². The normalized spacial score (nSPS) is 17.7. The van der Waals surface area contributed by atoms with Crippen LogP contribution in [-0.2, 0) is 19.1 Å². The Morgan fingerprint density at radius 3 is 2.32 bits per heavy atom. The Bertz CT molecular complexity index is 347. The fourth-order valence-electron chi connectivity index (χ4n) is 2.21. The van der Waals surface area contributed by atoms with Gasteiger partial charge in [-0.2, -0.15) is 0 Å². The molecule has 0 aliphatic carbocycles. The van der Waals surface area contributed by atoms with Gasteiger partial charge in [-0.15, -0.1) is 0 Å². The van der Waals surface area contributed by atoms with Gasteiger partial charge in [0.25, 0.3) is 0 Å². The van der Waals surface area contributed by atoms with Gasteiger partial charge in [-0.1, -0.05) is 0 Å². The number of nitrogens with zero attached hydrogens (tertiary/aromatic N) is 1. The minimum Gasteiger partial charge on any atom is -0.465 e. The van der Waals surface area contributed by atoms with Crippen LogP contribution in [0.2, 0.25) is 0 Å². The Balaban J connectivity index is 2.48. The number of methoxy groups -OCH3 is 1. The zero-order valence-electron chi connectivity index (χ0n) is 11.7. The van der Waals surface area contributed by atoms with Crippen molar-refractivity contribution in [2.45, 2.75) is 26.7 Å². The molecule has 1 fully saturated rings. The highest BCUT2D eigenvalue weighted by atomic mass is 16.5. The third-order valence-corrected chi connectivity index (χ3v) is 3.40. The van der Waals surface area contributed by atoms with Gasteiger partial charge in [0.2, 0.25) is 0 Å². The molecule has 0 saturated carbocycles. The number of hydrogen-bond donors (Lipinski definition) is 0. The average molecular weight is 271 g/mol. The van der Waals surface area contributed by atoms with E-state index in [4.69, 9.17) is 4.74 Å². The van der Waals surface area contributed by atoms with Gasteiger partial charge < -0.3 is 14.4 Å². The smallest absolute Gasteiger partial charge is 0.409 e. The maximum absolute atomic E-state index is 12.1. The molecular weight excluding hydrogens is 250 g/mol. The Morgan fingerprint density at radius 1 is 1.26 bits per heavy atom. The standard InChI is InChI=1S/C13H21NO5/c1-4-19-12(16)9(2)11(15)10-5-7-14(8-6-10)13(17)18-3/h9-10H,4-8H2,1-3H3/t9-/m1/s1. The van der Waals surface area contributed by atoms with E-state index in [1.807, 2.05) is 0 Å². The molecule has 0 N–H and O–H groups in total. The van der Waals surface area contributed by atoms with Crippen molar-refractivity contribution >= 4 is 17.8 Å². The first kappa shape index (κ1) is 15.5. The SMILES string of the molecule is CCOC(=O)[C@H](C)C(=O)C1CCN(C(=O)OC)CC1. The molecule has 1 saturated heterocycles. The summed E-state index contributed by atoms with van der Waals surface area (Å²) in [6.45, 7) is 4.53. The third-order valence-electron chi connectivity index (χ3n) is 3.40. The summed E-state index contributed by atoms with van der Waals surface area (Å²) in [6, 6.07) is 0. The fourth-order valence-corrected chi connectivity index (χ4v) is 2.21. The van der Waals surface area contributed by atoms with Crippen LogP contribution in [0.1, 0.15) is 26.7 Å². The van der Waals surface area contributed by atoms with Crippen LogP contribution in [0.25, 0.3) is 0 Å². The summed E-state index contributed by atoms with van der Waals surface area (Å²) >= 11 is 0. The van der Waals surface area contributed by atoms with Crippen molar-refractivity contribution < 1.29 is 23.9 Å². The lowest BCUT2D eigenvalue weighted by molar-refractivity contribution is -0.152. The molecule has 108 valence electrons. The van der Waals surface area contributed by atoms with E-state index in [0.717, 1.165) is 0 Å². The zero-order valence-corrected chi connectivity index (χ0v) is 11.7. The molecule has 0 aromatic rings. The van der Waals surface area contributed by atoms with Crippen LogP contribution >= 0.6 is 0 Å². The van der Waals surface area contributed by atoms with Gasteiger partial charge in [0, 0.05) is 19.0 Å². The van der Waals surface area contributed by atoms with Crippen molar-refractivity contribution in [3.63, 3.8) is 0 Å². The number of hydrogen-bond acceptors (Lipinski definition) is 5. The summed E-state index contributed by atoms with van der Waals surface area (Å²) < 4.78 is 9.48. The van der Waals surface area contributed by atoms with Gasteiger partial charge in [0.05, 0.1) is 13.7 Å². The van der Waals surface area contributed by atoms with E-state index in [9.17, 15) is 14.4 Å². The van der Waals surface area contributed by atoms with Crippen molar-refractivity contribution in [3.8, 4) is 0 Å². The van der Waals surface area contributed by atoms with Gasteiger partial charge in [0.15, 0.2) is 0 Å². The van der Waals surface area contributed by atoms with Crippen molar-refractivity contribution in [1.29, 1.82) is 0 Å². The number of esters is 1. The second kappa shape index (κ2) is 7.11.